The van der Waals surface area contributed by atoms with Crippen molar-refractivity contribution < 1.29 is 0 Å². The van der Waals surface area contributed by atoms with E-state index in [4.69, 9.17) is 5.73 Å². The minimum absolute atomic E-state index is 0.554. The van der Waals surface area contributed by atoms with E-state index in [0.29, 0.717) is 6.54 Å². The maximum atomic E-state index is 5.51. The van der Waals surface area contributed by atoms with Gasteiger partial charge in [-0.25, -0.2) is 0 Å². The van der Waals surface area contributed by atoms with Gasteiger partial charge in [-0.05, 0) is 17.2 Å². The van der Waals surface area contributed by atoms with E-state index in [-0.39, 0.29) is 0 Å². The molecule has 2 aromatic rings. The topological polar surface area (TPSA) is 38.9 Å². The van der Waals surface area contributed by atoms with E-state index in [1.54, 1.807) is 0 Å². The predicted octanol–water partition coefficient (Wildman–Crippen LogP) is 3.16. The molecule has 2 N–H and O–H groups in total. The van der Waals surface area contributed by atoms with E-state index in [9.17, 15) is 0 Å². The third-order valence-corrected chi connectivity index (χ3v) is 2.35. The molecule has 0 saturated heterocycles. The first-order valence-electron chi connectivity index (χ1n) is 6.06. The second-order valence-electron chi connectivity index (χ2n) is 3.52. The molecule has 2 rings (SSSR count). The van der Waals surface area contributed by atoms with Gasteiger partial charge in [0.05, 0.1) is 0 Å². The summed E-state index contributed by atoms with van der Waals surface area (Å²) in [5, 5.41) is 0. The highest BCUT2D eigenvalue weighted by Crippen LogP contribution is 2.07. The molecule has 0 radical (unpaired) electrons. The van der Waals surface area contributed by atoms with Gasteiger partial charge in [0.1, 0.15) is 0 Å². The maximum absolute atomic E-state index is 5.51. The van der Waals surface area contributed by atoms with Gasteiger partial charge in [0.2, 0.25) is 0 Å². The fourth-order valence-corrected chi connectivity index (χ4v) is 1.49. The number of nitrogens with zero attached hydrogens (tertiary/aromatic N) is 1. The number of benzene rings is 1. The summed E-state index contributed by atoms with van der Waals surface area (Å²) in [5.74, 6) is 0. The van der Waals surface area contributed by atoms with E-state index in [2.05, 4.69) is 17.1 Å². The normalized spacial score (nSPS) is 9.35. The Morgan fingerprint density at radius 1 is 0.941 bits per heavy atom. The fourth-order valence-electron chi connectivity index (χ4n) is 1.49. The molecule has 2 nitrogen and oxygen atoms in total. The van der Waals surface area contributed by atoms with Crippen LogP contribution in [-0.4, -0.2) is 4.98 Å². The van der Waals surface area contributed by atoms with Gasteiger partial charge < -0.3 is 5.73 Å². The van der Waals surface area contributed by atoms with Crippen molar-refractivity contribution in [2.24, 2.45) is 5.73 Å². The van der Waals surface area contributed by atoms with E-state index in [0.717, 1.165) is 17.7 Å². The lowest BCUT2D eigenvalue weighted by atomic mass is 10.1. The van der Waals surface area contributed by atoms with Gasteiger partial charge >= 0.3 is 0 Å². The van der Waals surface area contributed by atoms with Crippen LogP contribution in [0.25, 0.3) is 0 Å². The minimum Gasteiger partial charge on any atom is -0.326 e. The van der Waals surface area contributed by atoms with Crippen LogP contribution in [0.2, 0.25) is 0 Å². The molecule has 90 valence electrons. The molecular weight excluding hydrogens is 208 g/mol. The van der Waals surface area contributed by atoms with Crippen LogP contribution in [-0.2, 0) is 13.0 Å². The number of rotatable bonds is 3. The quantitative estimate of drug-likeness (QED) is 0.876. The molecule has 17 heavy (non-hydrogen) atoms. The maximum Gasteiger partial charge on any atom is 0.0447 e. The van der Waals surface area contributed by atoms with Crippen LogP contribution in [0.15, 0.2) is 48.7 Å². The van der Waals surface area contributed by atoms with Gasteiger partial charge in [0, 0.05) is 24.9 Å². The third-order valence-electron chi connectivity index (χ3n) is 2.35. The fraction of sp³-hybridized carbons (Fsp3) is 0.267. The van der Waals surface area contributed by atoms with Gasteiger partial charge in [0.15, 0.2) is 0 Å². The zero-order valence-electron chi connectivity index (χ0n) is 10.6. The summed E-state index contributed by atoms with van der Waals surface area (Å²) < 4.78 is 0. The first-order valence-corrected chi connectivity index (χ1v) is 6.06. The molecule has 0 saturated carbocycles. The Bertz CT molecular complexity index is 407. The van der Waals surface area contributed by atoms with E-state index >= 15 is 0 Å². The lowest BCUT2D eigenvalue weighted by Gasteiger charge is -2.01. The van der Waals surface area contributed by atoms with Gasteiger partial charge in [0.25, 0.3) is 0 Å². The van der Waals surface area contributed by atoms with Crippen LogP contribution in [0, 0.1) is 0 Å². The Balaban J connectivity index is 0.000000686. The first kappa shape index (κ1) is 13.4. The highest BCUT2D eigenvalue weighted by atomic mass is 14.7. The lowest BCUT2D eigenvalue weighted by Crippen LogP contribution is -1.98. The van der Waals surface area contributed by atoms with E-state index in [1.165, 1.54) is 5.56 Å². The molecule has 0 atom stereocenters. The summed E-state index contributed by atoms with van der Waals surface area (Å²) >= 11 is 0. The minimum atomic E-state index is 0.554. The average Bonchev–Trinajstić information content (AvgIpc) is 2.43. The van der Waals surface area contributed by atoms with Crippen molar-refractivity contribution in [1.82, 2.24) is 4.98 Å². The third kappa shape index (κ3) is 4.37. The highest BCUT2D eigenvalue weighted by Gasteiger charge is 1.96. The summed E-state index contributed by atoms with van der Waals surface area (Å²) in [7, 11) is 0. The number of hydrogen-bond donors (Lipinski definition) is 1. The Kier molecular flexibility index (Phi) is 5.97. The Morgan fingerprint density at radius 3 is 2.18 bits per heavy atom. The summed E-state index contributed by atoms with van der Waals surface area (Å²) in [6, 6.07) is 14.4. The van der Waals surface area contributed by atoms with Crippen LogP contribution < -0.4 is 5.73 Å². The monoisotopic (exact) mass is 228 g/mol. The van der Waals surface area contributed by atoms with Crippen LogP contribution in [0.1, 0.15) is 30.7 Å². The Labute approximate surface area is 104 Å². The molecule has 1 aromatic heterocycles. The van der Waals surface area contributed by atoms with Crippen molar-refractivity contribution >= 4 is 0 Å². The average molecular weight is 228 g/mol. The summed E-state index contributed by atoms with van der Waals surface area (Å²) in [6.45, 7) is 4.55. The van der Waals surface area contributed by atoms with Crippen molar-refractivity contribution in [2.75, 3.05) is 0 Å². The Hall–Kier alpha value is -1.67. The lowest BCUT2D eigenvalue weighted by molar-refractivity contribution is 1.01. The Morgan fingerprint density at radius 2 is 1.65 bits per heavy atom. The number of pyridine rings is 1. The standard InChI is InChI=1S/C13H14N2.C2H6/c14-9-12-6-7-13(15-10-12)8-11-4-2-1-3-5-11;1-2/h1-7,10H,8-9,14H2;1-2H3. The molecule has 0 fully saturated rings. The van der Waals surface area contributed by atoms with Gasteiger partial charge in [-0.15, -0.1) is 0 Å². The van der Waals surface area contributed by atoms with Crippen LogP contribution in [0.3, 0.4) is 0 Å². The zero-order valence-corrected chi connectivity index (χ0v) is 10.6. The van der Waals surface area contributed by atoms with Gasteiger partial charge in [-0.1, -0.05) is 50.2 Å². The molecule has 1 heterocycles. The summed E-state index contributed by atoms with van der Waals surface area (Å²) in [6.07, 6.45) is 2.73. The molecule has 0 bridgehead atoms. The smallest absolute Gasteiger partial charge is 0.0447 e. The number of nitrogens with two attached hydrogens (primary N) is 1. The first-order chi connectivity index (χ1) is 8.38. The van der Waals surface area contributed by atoms with Crippen molar-refractivity contribution in [2.45, 2.75) is 26.8 Å². The molecule has 2 heteroatoms. The van der Waals surface area contributed by atoms with Crippen LogP contribution >= 0.6 is 0 Å². The highest BCUT2D eigenvalue weighted by molar-refractivity contribution is 5.23. The zero-order chi connectivity index (χ0) is 12.5. The largest absolute Gasteiger partial charge is 0.326 e. The molecule has 0 aliphatic heterocycles. The van der Waals surface area contributed by atoms with E-state index < -0.39 is 0 Å². The van der Waals surface area contributed by atoms with Crippen molar-refractivity contribution in [3.8, 4) is 0 Å². The molecule has 0 aliphatic rings. The predicted molar refractivity (Wildman–Crippen MR) is 72.7 cm³/mol. The van der Waals surface area contributed by atoms with Crippen LogP contribution in [0.4, 0.5) is 0 Å². The van der Waals surface area contributed by atoms with Crippen molar-refractivity contribution in [1.29, 1.82) is 0 Å². The molecule has 0 unspecified atom stereocenters. The summed E-state index contributed by atoms with van der Waals surface area (Å²) in [5.41, 5.74) is 8.95. The SMILES string of the molecule is CC.NCc1ccc(Cc2ccccc2)nc1. The van der Waals surface area contributed by atoms with Crippen LogP contribution in [0.5, 0.6) is 0 Å². The second kappa shape index (κ2) is 7.58. The molecule has 1 aromatic carbocycles. The molecule has 0 amide bonds. The van der Waals surface area contributed by atoms with Gasteiger partial charge in [-0.3, -0.25) is 4.98 Å². The molecular formula is C15H20N2. The molecule has 0 spiro atoms. The molecule has 0 aliphatic carbocycles. The van der Waals surface area contributed by atoms with Crippen molar-refractivity contribution in [3.63, 3.8) is 0 Å². The number of hydrogen-bond acceptors (Lipinski definition) is 2. The second-order valence-corrected chi connectivity index (χ2v) is 3.52. The number of aromatic nitrogens is 1. The summed E-state index contributed by atoms with van der Waals surface area (Å²) in [4.78, 5) is 4.36. The van der Waals surface area contributed by atoms with Gasteiger partial charge in [-0.2, -0.15) is 0 Å². The van der Waals surface area contributed by atoms with E-state index in [1.807, 2.05) is 50.4 Å². The van der Waals surface area contributed by atoms with Crippen molar-refractivity contribution in [3.05, 3.63) is 65.5 Å².